The lowest BCUT2D eigenvalue weighted by molar-refractivity contribution is -0.142. The Hall–Kier alpha value is -5.31. The molecule has 2 aromatic carbocycles. The molecule has 1 aromatic heterocycles. The zero-order valence-corrected chi connectivity index (χ0v) is 32.6. The Morgan fingerprint density at radius 3 is 2.50 bits per heavy atom. The van der Waals surface area contributed by atoms with Gasteiger partial charge in [0.15, 0.2) is 0 Å². The maximum Gasteiger partial charge on any atom is 0.407 e. The first kappa shape index (κ1) is 38.9. The molecule has 1 unspecified atom stereocenters. The minimum atomic E-state index is -3.91. The highest BCUT2D eigenvalue weighted by molar-refractivity contribution is 7.91. The Morgan fingerprint density at radius 1 is 1.05 bits per heavy atom. The van der Waals surface area contributed by atoms with Crippen molar-refractivity contribution in [2.45, 2.75) is 94.7 Å². The number of sulfonamides is 1. The van der Waals surface area contributed by atoms with Crippen LogP contribution in [0.25, 0.3) is 28.4 Å². The molecule has 4 amide bonds. The first-order chi connectivity index (χ1) is 26.7. The number of alkyl carbamates (subject to hydrolysis) is 1. The number of nitrogens with zero attached hydrogens (tertiary/aromatic N) is 3. The van der Waals surface area contributed by atoms with Gasteiger partial charge in [0.05, 0.1) is 29.4 Å². The molecule has 2 saturated carbocycles. The van der Waals surface area contributed by atoms with Crippen molar-refractivity contribution >= 4 is 50.9 Å². The van der Waals surface area contributed by atoms with Gasteiger partial charge in [-0.25, -0.2) is 23.2 Å². The smallest absolute Gasteiger partial charge is 0.407 e. The van der Waals surface area contributed by atoms with Gasteiger partial charge in [-0.2, -0.15) is 0 Å². The predicted octanol–water partition coefficient (Wildman–Crippen LogP) is 4.65. The summed E-state index contributed by atoms with van der Waals surface area (Å²) in [6, 6.07) is 12.9. The maximum absolute atomic E-state index is 14.6. The van der Waals surface area contributed by atoms with Crippen molar-refractivity contribution in [2.75, 3.05) is 13.2 Å². The second-order valence-electron chi connectivity index (χ2n) is 16.1. The van der Waals surface area contributed by atoms with Crippen LogP contribution in [0.2, 0.25) is 0 Å². The number of hydrogen-bond acceptors (Lipinski definition) is 10. The van der Waals surface area contributed by atoms with Crippen molar-refractivity contribution in [1.29, 1.82) is 0 Å². The Kier molecular flexibility index (Phi) is 10.7. The first-order valence-corrected chi connectivity index (χ1v) is 20.7. The van der Waals surface area contributed by atoms with Crippen molar-refractivity contribution in [1.82, 2.24) is 30.2 Å². The number of cyclic esters (lactones) is 1. The second kappa shape index (κ2) is 15.3. The quantitative estimate of drug-likeness (QED) is 0.297. The molecule has 4 aliphatic rings. The van der Waals surface area contributed by atoms with Gasteiger partial charge in [0.2, 0.25) is 27.7 Å². The predicted molar refractivity (Wildman–Crippen MR) is 209 cm³/mol. The van der Waals surface area contributed by atoms with Crippen LogP contribution in [0.5, 0.6) is 5.88 Å². The number of nitrogens with one attached hydrogen (secondary N) is 3. The monoisotopic (exact) mass is 784 g/mol. The molecular formula is C41H48N6O8S. The second-order valence-corrected chi connectivity index (χ2v) is 18.1. The topological polar surface area (TPSA) is 186 Å². The van der Waals surface area contributed by atoms with Crippen LogP contribution < -0.4 is 20.1 Å². The lowest BCUT2D eigenvalue weighted by Crippen LogP contribution is -2.60. The molecule has 1 saturated heterocycles. The molecule has 7 rings (SSSR count). The van der Waals surface area contributed by atoms with Gasteiger partial charge in [-0.15, -0.1) is 6.58 Å². The molecular weight excluding hydrogens is 737 g/mol. The van der Waals surface area contributed by atoms with Crippen molar-refractivity contribution in [2.24, 2.45) is 11.3 Å². The number of amides is 4. The number of para-hydroxylation sites is 2. The van der Waals surface area contributed by atoms with Crippen LogP contribution in [-0.4, -0.2) is 89.2 Å². The third-order valence-electron chi connectivity index (χ3n) is 10.8. The van der Waals surface area contributed by atoms with Gasteiger partial charge in [0.1, 0.15) is 29.4 Å². The normalized spacial score (nSPS) is 26.4. The van der Waals surface area contributed by atoms with Gasteiger partial charge in [-0.05, 0) is 67.7 Å². The summed E-state index contributed by atoms with van der Waals surface area (Å²) in [6.07, 6.45) is 7.22. The van der Waals surface area contributed by atoms with Crippen molar-refractivity contribution in [3.05, 3.63) is 72.8 Å². The highest BCUT2D eigenvalue weighted by Crippen LogP contribution is 2.45. The lowest BCUT2D eigenvalue weighted by atomic mass is 9.85. The fraction of sp³-hybridized carbons (Fsp3) is 0.463. The minimum Gasteiger partial charge on any atom is -0.471 e. The van der Waals surface area contributed by atoms with E-state index in [1.54, 1.807) is 20.8 Å². The van der Waals surface area contributed by atoms with Gasteiger partial charge in [0, 0.05) is 17.9 Å². The molecule has 3 fully saturated rings. The maximum atomic E-state index is 14.6. The molecule has 56 heavy (non-hydrogen) atoms. The summed E-state index contributed by atoms with van der Waals surface area (Å²) in [5.74, 6) is -2.40. The summed E-state index contributed by atoms with van der Waals surface area (Å²) in [5, 5.41) is 4.91. The van der Waals surface area contributed by atoms with Crippen LogP contribution in [0.4, 0.5) is 4.79 Å². The van der Waals surface area contributed by atoms with Crippen molar-refractivity contribution in [3.8, 4) is 17.1 Å². The largest absolute Gasteiger partial charge is 0.471 e. The molecule has 4 bridgehead atoms. The van der Waals surface area contributed by atoms with E-state index >= 15 is 0 Å². The summed E-state index contributed by atoms with van der Waals surface area (Å²) in [5.41, 5.74) is 1.04. The number of fused-ring (bicyclic) bond motifs is 7. The zero-order valence-electron chi connectivity index (χ0n) is 31.8. The van der Waals surface area contributed by atoms with Gasteiger partial charge >= 0.3 is 6.09 Å². The van der Waals surface area contributed by atoms with Gasteiger partial charge in [-0.1, -0.05) is 69.3 Å². The third-order valence-corrected chi connectivity index (χ3v) is 12.6. The molecule has 5 atom stereocenters. The van der Waals surface area contributed by atoms with Crippen molar-refractivity contribution in [3.63, 3.8) is 0 Å². The van der Waals surface area contributed by atoms with Crippen LogP contribution in [-0.2, 0) is 29.1 Å². The Morgan fingerprint density at radius 2 is 1.80 bits per heavy atom. The average Bonchev–Trinajstić information content (AvgIpc) is 4.09. The van der Waals surface area contributed by atoms with E-state index in [1.807, 2.05) is 54.6 Å². The summed E-state index contributed by atoms with van der Waals surface area (Å²) in [4.78, 5) is 66.9. The van der Waals surface area contributed by atoms with Crippen LogP contribution in [0.1, 0.15) is 71.3 Å². The molecule has 296 valence electrons. The van der Waals surface area contributed by atoms with E-state index in [9.17, 15) is 27.6 Å². The first-order valence-electron chi connectivity index (χ1n) is 19.1. The molecule has 2 aliphatic heterocycles. The van der Waals surface area contributed by atoms with E-state index in [1.165, 1.54) is 11.0 Å². The Bertz CT molecular complexity index is 2200. The number of benzene rings is 2. The van der Waals surface area contributed by atoms with Gasteiger partial charge in [-0.3, -0.25) is 19.1 Å². The molecule has 14 nitrogen and oxygen atoms in total. The molecule has 15 heteroatoms. The summed E-state index contributed by atoms with van der Waals surface area (Å²) < 4.78 is 39.8. The number of carbonyl (C=O) groups is 4. The molecule has 2 aliphatic carbocycles. The molecule has 3 aromatic rings. The molecule has 0 spiro atoms. The minimum absolute atomic E-state index is 0.00751. The lowest BCUT2D eigenvalue weighted by Gasteiger charge is -2.35. The van der Waals surface area contributed by atoms with Gasteiger partial charge < -0.3 is 25.0 Å². The number of carbonyl (C=O) groups excluding carboxylic acids is 4. The number of hydrogen-bond donors (Lipinski definition) is 3. The third kappa shape index (κ3) is 8.27. The van der Waals surface area contributed by atoms with Crippen LogP contribution in [0, 0.1) is 11.3 Å². The summed E-state index contributed by atoms with van der Waals surface area (Å²) in [7, 11) is -3.91. The highest BCUT2D eigenvalue weighted by Gasteiger charge is 2.62. The summed E-state index contributed by atoms with van der Waals surface area (Å²) >= 11 is 0. The van der Waals surface area contributed by atoms with E-state index in [2.05, 4.69) is 28.0 Å². The van der Waals surface area contributed by atoms with E-state index in [0.29, 0.717) is 36.0 Å². The zero-order chi connectivity index (χ0) is 39.8. The SMILES string of the molecule is C=CC1C[C@]1(NC(=O)[C@@H]1C[C@@H]2CN1C(=O)[C@H](C(C)(C)C)NC(=O)OCCCC/C=C/c1cccc(c1)-c1nc3ccccc3nc1O2)C(=O)NS(=O)(=O)C1CC1. The van der Waals surface area contributed by atoms with E-state index in [0.717, 1.165) is 24.0 Å². The van der Waals surface area contributed by atoms with Gasteiger partial charge in [0.25, 0.3) is 5.91 Å². The van der Waals surface area contributed by atoms with E-state index in [4.69, 9.17) is 19.4 Å². The number of ether oxygens (including phenoxy) is 2. The highest BCUT2D eigenvalue weighted by atomic mass is 32.2. The number of allylic oxidation sites excluding steroid dienone is 1. The van der Waals surface area contributed by atoms with E-state index in [-0.39, 0.29) is 31.9 Å². The standard InChI is InChI=1S/C41H48N6O8S/c1-5-27-23-41(27,38(50)46-56(52,53)29-18-19-29)45-35(48)32-22-28-24-47(32)37(49)34(40(2,3)4)44-39(51)54-20-11-7-6-8-13-25-14-12-15-26(21-25)33-36(55-28)43-31-17-10-9-16-30(31)42-33/h5,8-10,12-17,21,27-29,32,34H,1,6-7,11,18-20,22-24H2,2-4H3,(H,44,51)(H,45,48)(H,46,50)/b13-8+/t27?,28-,32+,34-,41-/m1/s1. The Balaban J connectivity index is 1.26. The average molecular weight is 785 g/mol. The van der Waals surface area contributed by atoms with Crippen LogP contribution in [0.15, 0.2) is 67.3 Å². The van der Waals surface area contributed by atoms with Crippen LogP contribution in [0.3, 0.4) is 0 Å². The van der Waals surface area contributed by atoms with E-state index < -0.39 is 74.1 Å². The number of aromatic nitrogens is 2. The fourth-order valence-corrected chi connectivity index (χ4v) is 8.68. The Labute approximate surface area is 326 Å². The molecule has 3 N–H and O–H groups in total. The molecule has 0 radical (unpaired) electrons. The number of rotatable bonds is 6. The fourth-order valence-electron chi connectivity index (χ4n) is 7.32. The van der Waals surface area contributed by atoms with Crippen LogP contribution >= 0.6 is 0 Å². The molecule has 3 heterocycles. The van der Waals surface area contributed by atoms with Crippen molar-refractivity contribution < 1.29 is 37.1 Å². The summed E-state index contributed by atoms with van der Waals surface area (Å²) in [6.45, 7) is 9.26.